The fourth-order valence-electron chi connectivity index (χ4n) is 1.96. The molecule has 0 bridgehead atoms. The molecule has 0 heterocycles. The molecule has 0 aromatic carbocycles. The quantitative estimate of drug-likeness (QED) is 0.739. The maximum atomic E-state index is 12.7. The third kappa shape index (κ3) is 3.33. The molecule has 1 fully saturated rings. The van der Waals surface area contributed by atoms with Gasteiger partial charge in [0.1, 0.15) is 6.17 Å². The van der Waals surface area contributed by atoms with Gasteiger partial charge >= 0.3 is 5.97 Å². The van der Waals surface area contributed by atoms with Gasteiger partial charge in [0.05, 0.1) is 5.92 Å². The van der Waals surface area contributed by atoms with Crippen LogP contribution in [0.25, 0.3) is 0 Å². The Morgan fingerprint density at radius 1 is 1.46 bits per heavy atom. The monoisotopic (exact) mass is 188 g/mol. The van der Waals surface area contributed by atoms with E-state index in [2.05, 4.69) is 0 Å². The third-order valence-electron chi connectivity index (χ3n) is 2.88. The summed E-state index contributed by atoms with van der Waals surface area (Å²) in [6.07, 6.45) is 3.03. The average molecular weight is 188 g/mol. The highest BCUT2D eigenvalue weighted by Crippen LogP contribution is 2.30. The molecular weight excluding hydrogens is 171 g/mol. The molecular formula is C10H17FO2. The van der Waals surface area contributed by atoms with Crippen molar-refractivity contribution in [2.24, 2.45) is 11.8 Å². The molecule has 1 N–H and O–H groups in total. The van der Waals surface area contributed by atoms with Gasteiger partial charge in [0.2, 0.25) is 0 Å². The van der Waals surface area contributed by atoms with E-state index >= 15 is 0 Å². The van der Waals surface area contributed by atoms with Gasteiger partial charge in [0, 0.05) is 0 Å². The molecule has 0 radical (unpaired) electrons. The number of alkyl halides is 1. The third-order valence-corrected chi connectivity index (χ3v) is 2.88. The van der Waals surface area contributed by atoms with E-state index in [0.29, 0.717) is 25.2 Å². The van der Waals surface area contributed by atoms with Crippen molar-refractivity contribution in [1.82, 2.24) is 0 Å². The van der Waals surface area contributed by atoms with Crippen molar-refractivity contribution in [1.29, 1.82) is 0 Å². The summed E-state index contributed by atoms with van der Waals surface area (Å²) in [6, 6.07) is 0. The zero-order valence-corrected chi connectivity index (χ0v) is 8.00. The number of carboxylic acids is 1. The Kier molecular flexibility index (Phi) is 3.70. The zero-order chi connectivity index (χ0) is 9.84. The molecule has 1 rings (SSSR count). The summed E-state index contributed by atoms with van der Waals surface area (Å²) >= 11 is 0. The number of aliphatic carboxylic acids is 1. The second kappa shape index (κ2) is 4.58. The van der Waals surface area contributed by atoms with E-state index in [9.17, 15) is 9.18 Å². The normalized spacial score (nSPS) is 31.2. The summed E-state index contributed by atoms with van der Waals surface area (Å²) in [5.41, 5.74) is 0. The number of hydrogen-bond acceptors (Lipinski definition) is 1. The zero-order valence-electron chi connectivity index (χ0n) is 8.00. The van der Waals surface area contributed by atoms with Gasteiger partial charge in [-0.1, -0.05) is 6.92 Å². The summed E-state index contributed by atoms with van der Waals surface area (Å²) in [4.78, 5) is 10.6. The van der Waals surface area contributed by atoms with Gasteiger partial charge < -0.3 is 5.11 Å². The molecule has 1 saturated carbocycles. The van der Waals surface area contributed by atoms with Crippen molar-refractivity contribution in [3.05, 3.63) is 0 Å². The molecule has 0 aromatic heterocycles. The molecule has 0 aromatic rings. The Morgan fingerprint density at radius 3 is 2.46 bits per heavy atom. The van der Waals surface area contributed by atoms with Crippen LogP contribution in [0.5, 0.6) is 0 Å². The molecule has 1 aliphatic rings. The molecule has 0 aliphatic heterocycles. The highest BCUT2D eigenvalue weighted by molar-refractivity contribution is 5.69. The second-order valence-electron chi connectivity index (χ2n) is 4.09. The number of halogens is 1. The minimum Gasteiger partial charge on any atom is -0.481 e. The van der Waals surface area contributed by atoms with E-state index in [1.54, 1.807) is 6.92 Å². The first kappa shape index (κ1) is 10.5. The Bertz CT molecular complexity index is 174. The molecule has 13 heavy (non-hydrogen) atoms. The van der Waals surface area contributed by atoms with Crippen molar-refractivity contribution < 1.29 is 14.3 Å². The van der Waals surface area contributed by atoms with E-state index in [0.717, 1.165) is 12.8 Å². The van der Waals surface area contributed by atoms with Crippen LogP contribution in [0.4, 0.5) is 4.39 Å². The SMILES string of the molecule is CC(CC1CCC(F)CC1)C(=O)O. The maximum absolute atomic E-state index is 12.7. The first-order valence-corrected chi connectivity index (χ1v) is 4.96. The van der Waals surface area contributed by atoms with Gasteiger partial charge in [-0.2, -0.15) is 0 Å². The fraction of sp³-hybridized carbons (Fsp3) is 0.900. The van der Waals surface area contributed by atoms with Gasteiger partial charge in [-0.3, -0.25) is 4.79 Å². The van der Waals surface area contributed by atoms with Crippen molar-refractivity contribution in [2.45, 2.75) is 45.2 Å². The summed E-state index contributed by atoms with van der Waals surface area (Å²) in [5.74, 6) is -0.582. The second-order valence-corrected chi connectivity index (χ2v) is 4.09. The topological polar surface area (TPSA) is 37.3 Å². The van der Waals surface area contributed by atoms with Gasteiger partial charge in [-0.05, 0) is 38.0 Å². The Morgan fingerprint density at radius 2 is 2.00 bits per heavy atom. The van der Waals surface area contributed by atoms with Crippen LogP contribution in [0, 0.1) is 11.8 Å². The average Bonchev–Trinajstić information content (AvgIpc) is 2.08. The molecule has 1 aliphatic carbocycles. The van der Waals surface area contributed by atoms with Gasteiger partial charge in [-0.15, -0.1) is 0 Å². The van der Waals surface area contributed by atoms with Crippen molar-refractivity contribution in [2.75, 3.05) is 0 Å². The van der Waals surface area contributed by atoms with E-state index in [-0.39, 0.29) is 5.92 Å². The molecule has 2 nitrogen and oxygen atoms in total. The maximum Gasteiger partial charge on any atom is 0.306 e. The summed E-state index contributed by atoms with van der Waals surface area (Å²) < 4.78 is 12.7. The molecule has 0 amide bonds. The Balaban J connectivity index is 2.26. The van der Waals surface area contributed by atoms with Crippen LogP contribution in [-0.4, -0.2) is 17.2 Å². The molecule has 3 heteroatoms. The Labute approximate surface area is 78.1 Å². The summed E-state index contributed by atoms with van der Waals surface area (Å²) in [5, 5.41) is 8.69. The standard InChI is InChI=1S/C10H17FO2/c1-7(10(12)13)6-8-2-4-9(11)5-3-8/h7-9H,2-6H2,1H3,(H,12,13). The van der Waals surface area contributed by atoms with Crippen LogP contribution in [0.15, 0.2) is 0 Å². The lowest BCUT2D eigenvalue weighted by atomic mass is 9.82. The lowest BCUT2D eigenvalue weighted by Gasteiger charge is -2.25. The summed E-state index contributed by atoms with van der Waals surface area (Å²) in [7, 11) is 0. The van der Waals surface area contributed by atoms with Crippen LogP contribution < -0.4 is 0 Å². The van der Waals surface area contributed by atoms with Crippen molar-refractivity contribution >= 4 is 5.97 Å². The number of carbonyl (C=O) groups is 1. The first-order chi connectivity index (χ1) is 6.09. The molecule has 0 spiro atoms. The van der Waals surface area contributed by atoms with Crippen LogP contribution in [0.3, 0.4) is 0 Å². The van der Waals surface area contributed by atoms with E-state index < -0.39 is 12.1 Å². The lowest BCUT2D eigenvalue weighted by molar-refractivity contribution is -0.141. The highest BCUT2D eigenvalue weighted by atomic mass is 19.1. The van der Waals surface area contributed by atoms with Gasteiger partial charge in [-0.25, -0.2) is 4.39 Å². The molecule has 1 unspecified atom stereocenters. The highest BCUT2D eigenvalue weighted by Gasteiger charge is 2.24. The van der Waals surface area contributed by atoms with Crippen molar-refractivity contribution in [3.63, 3.8) is 0 Å². The number of hydrogen-bond donors (Lipinski definition) is 1. The minimum absolute atomic E-state index is 0.277. The first-order valence-electron chi connectivity index (χ1n) is 4.96. The molecule has 0 saturated heterocycles. The number of rotatable bonds is 3. The minimum atomic E-state index is -0.734. The van der Waals surface area contributed by atoms with Crippen LogP contribution in [0.2, 0.25) is 0 Å². The lowest BCUT2D eigenvalue weighted by Crippen LogP contribution is -2.20. The van der Waals surface area contributed by atoms with E-state index in [1.165, 1.54) is 0 Å². The largest absolute Gasteiger partial charge is 0.481 e. The molecule has 76 valence electrons. The van der Waals surface area contributed by atoms with Crippen molar-refractivity contribution in [3.8, 4) is 0 Å². The van der Waals surface area contributed by atoms with Crippen LogP contribution >= 0.6 is 0 Å². The fourth-order valence-corrected chi connectivity index (χ4v) is 1.96. The predicted molar refractivity (Wildman–Crippen MR) is 48.3 cm³/mol. The number of carboxylic acid groups (broad SMARTS) is 1. The van der Waals surface area contributed by atoms with E-state index in [4.69, 9.17) is 5.11 Å². The summed E-state index contributed by atoms with van der Waals surface area (Å²) in [6.45, 7) is 1.73. The predicted octanol–water partition coefficient (Wildman–Crippen LogP) is 2.63. The van der Waals surface area contributed by atoms with Crippen LogP contribution in [0.1, 0.15) is 39.0 Å². The van der Waals surface area contributed by atoms with Gasteiger partial charge in [0.15, 0.2) is 0 Å². The van der Waals surface area contributed by atoms with Gasteiger partial charge in [0.25, 0.3) is 0 Å². The van der Waals surface area contributed by atoms with Crippen LogP contribution in [-0.2, 0) is 4.79 Å². The Hall–Kier alpha value is -0.600. The molecule has 1 atom stereocenters. The smallest absolute Gasteiger partial charge is 0.306 e. The van der Waals surface area contributed by atoms with E-state index in [1.807, 2.05) is 0 Å².